The summed E-state index contributed by atoms with van der Waals surface area (Å²) in [5.41, 5.74) is 5.48. The number of hydrogen-bond donors (Lipinski definition) is 1. The van der Waals surface area contributed by atoms with Gasteiger partial charge in [-0.2, -0.15) is 5.10 Å². The van der Waals surface area contributed by atoms with Crippen LogP contribution in [0.15, 0.2) is 53.6 Å². The molecule has 1 atom stereocenters. The summed E-state index contributed by atoms with van der Waals surface area (Å²) >= 11 is 0. The Labute approximate surface area is 165 Å². The summed E-state index contributed by atoms with van der Waals surface area (Å²) in [6, 6.07) is 15.3. The van der Waals surface area contributed by atoms with Crippen LogP contribution in [-0.2, 0) is 9.59 Å². The van der Waals surface area contributed by atoms with E-state index in [1.54, 1.807) is 30.4 Å². The minimum Gasteiger partial charge on any atom is -0.497 e. The first kappa shape index (κ1) is 19.6. The zero-order chi connectivity index (χ0) is 20.1. The van der Waals surface area contributed by atoms with Crippen molar-refractivity contribution >= 4 is 23.7 Å². The van der Waals surface area contributed by atoms with Crippen LogP contribution >= 0.6 is 0 Å². The minimum absolute atomic E-state index is 0.0708. The Balaban J connectivity index is 1.56. The lowest BCUT2D eigenvalue weighted by molar-refractivity contribution is -0.126. The number of anilines is 1. The summed E-state index contributed by atoms with van der Waals surface area (Å²) in [6.07, 6.45) is 1.79. The summed E-state index contributed by atoms with van der Waals surface area (Å²) in [5, 5.41) is 4.04. The molecule has 6 heteroatoms. The number of methoxy groups -OCH3 is 1. The number of hydrogen-bond acceptors (Lipinski definition) is 4. The van der Waals surface area contributed by atoms with Gasteiger partial charge in [0.1, 0.15) is 5.75 Å². The van der Waals surface area contributed by atoms with Crippen LogP contribution in [0.4, 0.5) is 5.69 Å². The lowest BCUT2D eigenvalue weighted by atomic mass is 10.0. The number of rotatable bonds is 6. The Morgan fingerprint density at radius 2 is 1.86 bits per heavy atom. The minimum atomic E-state index is -0.421. The highest BCUT2D eigenvalue weighted by molar-refractivity contribution is 6.00. The molecule has 0 aromatic heterocycles. The van der Waals surface area contributed by atoms with Crippen molar-refractivity contribution in [3.63, 3.8) is 0 Å². The Kier molecular flexibility index (Phi) is 6.09. The van der Waals surface area contributed by atoms with Crippen molar-refractivity contribution in [3.05, 3.63) is 59.7 Å². The molecule has 3 rings (SSSR count). The first-order valence-corrected chi connectivity index (χ1v) is 9.35. The summed E-state index contributed by atoms with van der Waals surface area (Å²) in [7, 11) is 1.59. The quantitative estimate of drug-likeness (QED) is 0.618. The third-order valence-corrected chi connectivity index (χ3v) is 4.87. The molecule has 1 heterocycles. The van der Waals surface area contributed by atoms with Crippen molar-refractivity contribution in [2.75, 3.05) is 18.6 Å². The highest BCUT2D eigenvalue weighted by Crippen LogP contribution is 2.26. The first-order valence-electron chi connectivity index (χ1n) is 9.35. The summed E-state index contributed by atoms with van der Waals surface area (Å²) < 4.78 is 5.13. The second kappa shape index (κ2) is 8.69. The number of carbonyl (C=O) groups is 2. The lowest BCUT2D eigenvalue weighted by Gasteiger charge is -2.16. The van der Waals surface area contributed by atoms with E-state index in [-0.39, 0.29) is 18.2 Å². The van der Waals surface area contributed by atoms with Crippen molar-refractivity contribution in [1.82, 2.24) is 5.43 Å². The van der Waals surface area contributed by atoms with E-state index in [1.165, 1.54) is 5.56 Å². The Morgan fingerprint density at radius 3 is 2.46 bits per heavy atom. The molecule has 2 aromatic rings. The molecule has 146 valence electrons. The van der Waals surface area contributed by atoms with Gasteiger partial charge in [0.15, 0.2) is 0 Å². The molecule has 1 saturated heterocycles. The fourth-order valence-corrected chi connectivity index (χ4v) is 3.12. The van der Waals surface area contributed by atoms with Gasteiger partial charge >= 0.3 is 0 Å². The second-order valence-corrected chi connectivity index (χ2v) is 7.16. The van der Waals surface area contributed by atoms with E-state index >= 15 is 0 Å². The summed E-state index contributed by atoms with van der Waals surface area (Å²) in [4.78, 5) is 26.3. The number of amides is 2. The average Bonchev–Trinajstić information content (AvgIpc) is 3.10. The van der Waals surface area contributed by atoms with Gasteiger partial charge in [-0.25, -0.2) is 5.43 Å². The number of ether oxygens (including phenoxy) is 1. The maximum atomic E-state index is 12.4. The van der Waals surface area contributed by atoms with Gasteiger partial charge in [-0.1, -0.05) is 38.1 Å². The van der Waals surface area contributed by atoms with E-state index in [0.29, 0.717) is 12.5 Å². The molecule has 1 fully saturated rings. The lowest BCUT2D eigenvalue weighted by Crippen LogP contribution is -2.30. The van der Waals surface area contributed by atoms with Crippen molar-refractivity contribution in [3.8, 4) is 5.75 Å². The molecule has 28 heavy (non-hydrogen) atoms. The van der Waals surface area contributed by atoms with Crippen molar-refractivity contribution < 1.29 is 14.3 Å². The smallest absolute Gasteiger partial charge is 0.245 e. The maximum absolute atomic E-state index is 12.4. The molecule has 0 radical (unpaired) electrons. The average molecular weight is 379 g/mol. The van der Waals surface area contributed by atoms with E-state index in [9.17, 15) is 9.59 Å². The number of nitrogens with one attached hydrogen (secondary N) is 1. The maximum Gasteiger partial charge on any atom is 0.245 e. The number of carbonyl (C=O) groups excluding carboxylic acids is 2. The second-order valence-electron chi connectivity index (χ2n) is 7.16. The van der Waals surface area contributed by atoms with Crippen molar-refractivity contribution in [2.45, 2.75) is 26.2 Å². The number of benzene rings is 2. The summed E-state index contributed by atoms with van der Waals surface area (Å²) in [6.45, 7) is 4.62. The Hall–Kier alpha value is -3.15. The molecule has 1 aliphatic heterocycles. The molecule has 0 spiro atoms. The van der Waals surface area contributed by atoms with Gasteiger partial charge in [0.2, 0.25) is 11.8 Å². The number of hydrazone groups is 1. The molecular weight excluding hydrogens is 354 g/mol. The van der Waals surface area contributed by atoms with Crippen LogP contribution in [0, 0.1) is 5.92 Å². The molecule has 1 unspecified atom stereocenters. The van der Waals surface area contributed by atoms with Crippen LogP contribution in [-0.4, -0.2) is 31.7 Å². The zero-order valence-electron chi connectivity index (χ0n) is 16.4. The van der Waals surface area contributed by atoms with Crippen LogP contribution in [0.1, 0.15) is 37.3 Å². The largest absolute Gasteiger partial charge is 0.497 e. The molecule has 1 N–H and O–H groups in total. The first-order chi connectivity index (χ1) is 13.5. The molecular formula is C22H25N3O3. The van der Waals surface area contributed by atoms with E-state index in [0.717, 1.165) is 17.0 Å². The van der Waals surface area contributed by atoms with Gasteiger partial charge in [0.05, 0.1) is 19.2 Å². The molecule has 2 aromatic carbocycles. The SMILES string of the molecule is COc1ccc(N2CC(C(=O)N/N=C/c3ccc(C(C)C)cc3)CC2=O)cc1. The van der Waals surface area contributed by atoms with E-state index in [2.05, 4.69) is 36.5 Å². The predicted molar refractivity (Wildman–Crippen MR) is 110 cm³/mol. The molecule has 0 saturated carbocycles. The highest BCUT2D eigenvalue weighted by atomic mass is 16.5. The third-order valence-electron chi connectivity index (χ3n) is 4.87. The monoisotopic (exact) mass is 379 g/mol. The predicted octanol–water partition coefficient (Wildman–Crippen LogP) is 3.32. The van der Waals surface area contributed by atoms with Crippen molar-refractivity contribution in [2.24, 2.45) is 11.0 Å². The van der Waals surface area contributed by atoms with Gasteiger partial charge in [-0.15, -0.1) is 0 Å². The Morgan fingerprint density at radius 1 is 1.18 bits per heavy atom. The third kappa shape index (κ3) is 4.57. The number of nitrogens with zero attached hydrogens (tertiary/aromatic N) is 2. The van der Waals surface area contributed by atoms with E-state index in [4.69, 9.17) is 4.74 Å². The van der Waals surface area contributed by atoms with Gasteiger partial charge in [0, 0.05) is 18.7 Å². The summed E-state index contributed by atoms with van der Waals surface area (Å²) in [5.74, 6) is 0.452. The topological polar surface area (TPSA) is 71.0 Å². The van der Waals surface area contributed by atoms with Gasteiger partial charge < -0.3 is 9.64 Å². The normalized spacial score (nSPS) is 16.8. The van der Waals surface area contributed by atoms with Crippen LogP contribution in [0.5, 0.6) is 5.75 Å². The Bertz CT molecular complexity index is 858. The fourth-order valence-electron chi connectivity index (χ4n) is 3.12. The van der Waals surface area contributed by atoms with E-state index in [1.807, 2.05) is 24.3 Å². The van der Waals surface area contributed by atoms with Crippen LogP contribution in [0.2, 0.25) is 0 Å². The van der Waals surface area contributed by atoms with Crippen LogP contribution in [0.25, 0.3) is 0 Å². The molecule has 6 nitrogen and oxygen atoms in total. The van der Waals surface area contributed by atoms with Crippen LogP contribution < -0.4 is 15.1 Å². The van der Waals surface area contributed by atoms with Gasteiger partial charge in [-0.05, 0) is 41.3 Å². The molecule has 0 bridgehead atoms. The van der Waals surface area contributed by atoms with Gasteiger partial charge in [0.25, 0.3) is 0 Å². The molecule has 0 aliphatic carbocycles. The standard InChI is InChI=1S/C22H25N3O3/c1-15(2)17-6-4-16(5-7-17)13-23-24-22(27)18-12-21(26)25(14-18)19-8-10-20(28-3)11-9-19/h4-11,13,15,18H,12,14H2,1-3H3,(H,24,27)/b23-13+. The fraction of sp³-hybridized carbons (Fsp3) is 0.318. The van der Waals surface area contributed by atoms with Gasteiger partial charge in [-0.3, -0.25) is 9.59 Å². The molecule has 1 aliphatic rings. The zero-order valence-corrected chi connectivity index (χ0v) is 16.4. The molecule has 2 amide bonds. The van der Waals surface area contributed by atoms with E-state index < -0.39 is 5.92 Å². The highest BCUT2D eigenvalue weighted by Gasteiger charge is 2.35. The van der Waals surface area contributed by atoms with Crippen molar-refractivity contribution in [1.29, 1.82) is 0 Å². The van der Waals surface area contributed by atoms with Crippen LogP contribution in [0.3, 0.4) is 0 Å².